The molecule has 0 atom stereocenters. The highest BCUT2D eigenvalue weighted by atomic mass is 19.1. The third kappa shape index (κ3) is 3.07. The van der Waals surface area contributed by atoms with E-state index >= 15 is 0 Å². The van der Waals surface area contributed by atoms with Crippen LogP contribution in [0.15, 0.2) is 35.1 Å². The first kappa shape index (κ1) is 17.6. The molecule has 3 rings (SSSR count). The fraction of sp³-hybridized carbons (Fsp3) is 0.412. The first-order valence-electron chi connectivity index (χ1n) is 7.94. The monoisotopic (exact) mass is 346 g/mol. The summed E-state index contributed by atoms with van der Waals surface area (Å²) in [7, 11) is 0.721. The third-order valence-electron chi connectivity index (χ3n) is 4.70. The Hall–Kier alpha value is -2.19. The molecule has 2 aromatic rings. The van der Waals surface area contributed by atoms with Gasteiger partial charge in [0, 0.05) is 12.1 Å². The van der Waals surface area contributed by atoms with Crippen LogP contribution < -0.4 is 15.9 Å². The minimum absolute atomic E-state index is 0.00252. The van der Waals surface area contributed by atoms with Crippen molar-refractivity contribution in [1.29, 1.82) is 0 Å². The highest BCUT2D eigenvalue weighted by Crippen LogP contribution is 2.36. The molecule has 0 spiro atoms. The van der Waals surface area contributed by atoms with E-state index in [1.165, 1.54) is 37.4 Å². The van der Waals surface area contributed by atoms with Crippen LogP contribution in [0.4, 0.5) is 4.39 Å². The number of aromatic nitrogens is 2. The molecule has 0 N–H and O–H groups in total. The fourth-order valence-corrected chi connectivity index (χ4v) is 2.47. The predicted octanol–water partition coefficient (Wildman–Crippen LogP) is 1.68. The van der Waals surface area contributed by atoms with Crippen LogP contribution in [-0.2, 0) is 9.31 Å². The third-order valence-corrected chi connectivity index (χ3v) is 4.70. The normalized spacial score (nSPS) is 18.4. The second-order valence-electron chi connectivity index (χ2n) is 6.91. The molecule has 1 aliphatic heterocycles. The molecule has 1 fully saturated rings. The summed E-state index contributed by atoms with van der Waals surface area (Å²) in [6.07, 6.45) is 0. The molecule has 1 aromatic carbocycles. The first-order valence-corrected chi connectivity index (χ1v) is 7.94. The van der Waals surface area contributed by atoms with Gasteiger partial charge in [-0.15, -0.1) is 0 Å². The number of benzene rings is 1. The molecule has 1 saturated heterocycles. The van der Waals surface area contributed by atoms with E-state index in [2.05, 4.69) is 5.10 Å². The SMILES string of the molecule is COc1ccc(F)c(-n2nc(B3OC(C)(C)C(C)(C)O3)ccc2=O)c1. The van der Waals surface area contributed by atoms with Crippen LogP contribution in [0.2, 0.25) is 0 Å². The van der Waals surface area contributed by atoms with Crippen LogP contribution in [0.1, 0.15) is 27.7 Å². The van der Waals surface area contributed by atoms with E-state index in [9.17, 15) is 9.18 Å². The second kappa shape index (κ2) is 5.96. The highest BCUT2D eigenvalue weighted by molar-refractivity contribution is 6.61. The van der Waals surface area contributed by atoms with Crippen molar-refractivity contribution in [2.24, 2.45) is 0 Å². The summed E-state index contributed by atoms with van der Waals surface area (Å²) in [5.74, 6) is -0.160. The Balaban J connectivity index is 2.05. The van der Waals surface area contributed by atoms with Gasteiger partial charge in [-0.25, -0.2) is 4.39 Å². The average molecular weight is 346 g/mol. The number of rotatable bonds is 3. The van der Waals surface area contributed by atoms with E-state index in [0.717, 1.165) is 4.68 Å². The van der Waals surface area contributed by atoms with Crippen LogP contribution in [0.5, 0.6) is 5.75 Å². The van der Waals surface area contributed by atoms with Gasteiger partial charge >= 0.3 is 7.12 Å². The maximum absolute atomic E-state index is 14.2. The summed E-state index contributed by atoms with van der Waals surface area (Å²) in [4.78, 5) is 12.2. The topological polar surface area (TPSA) is 62.6 Å². The summed E-state index contributed by atoms with van der Waals surface area (Å²) in [5, 5.41) is 4.25. The summed E-state index contributed by atoms with van der Waals surface area (Å²) < 4.78 is 32.2. The van der Waals surface area contributed by atoms with E-state index in [0.29, 0.717) is 11.3 Å². The molecule has 8 heteroatoms. The van der Waals surface area contributed by atoms with Gasteiger partial charge in [0.15, 0.2) is 0 Å². The zero-order valence-corrected chi connectivity index (χ0v) is 14.9. The molecule has 0 radical (unpaired) electrons. The Morgan fingerprint density at radius 2 is 1.76 bits per heavy atom. The van der Waals surface area contributed by atoms with Crippen molar-refractivity contribution in [3.05, 3.63) is 46.5 Å². The van der Waals surface area contributed by atoms with Crippen LogP contribution >= 0.6 is 0 Å². The van der Waals surface area contributed by atoms with Crippen LogP contribution in [0.3, 0.4) is 0 Å². The van der Waals surface area contributed by atoms with Gasteiger partial charge in [0.1, 0.15) is 17.3 Å². The minimum Gasteiger partial charge on any atom is -0.497 e. The molecule has 132 valence electrons. The zero-order valence-electron chi connectivity index (χ0n) is 14.9. The number of halogens is 1. The number of hydrogen-bond acceptors (Lipinski definition) is 5. The van der Waals surface area contributed by atoms with E-state index in [4.69, 9.17) is 14.0 Å². The van der Waals surface area contributed by atoms with Crippen LogP contribution in [0.25, 0.3) is 5.69 Å². The molecule has 1 aliphatic rings. The van der Waals surface area contributed by atoms with Gasteiger partial charge in [-0.2, -0.15) is 9.78 Å². The minimum atomic E-state index is -0.745. The summed E-state index contributed by atoms with van der Waals surface area (Å²) in [6.45, 7) is 7.69. The molecule has 2 heterocycles. The molecule has 1 aromatic heterocycles. The summed E-state index contributed by atoms with van der Waals surface area (Å²) >= 11 is 0. The first-order chi connectivity index (χ1) is 11.6. The van der Waals surface area contributed by atoms with Crippen molar-refractivity contribution in [3.63, 3.8) is 0 Å². The van der Waals surface area contributed by atoms with E-state index in [1.807, 2.05) is 27.7 Å². The van der Waals surface area contributed by atoms with E-state index < -0.39 is 29.7 Å². The number of hydrogen-bond donors (Lipinski definition) is 0. The predicted molar refractivity (Wildman–Crippen MR) is 92.1 cm³/mol. The molecule has 6 nitrogen and oxygen atoms in total. The Bertz CT molecular complexity index is 850. The Morgan fingerprint density at radius 3 is 2.36 bits per heavy atom. The number of methoxy groups -OCH3 is 1. The fourth-order valence-electron chi connectivity index (χ4n) is 2.47. The van der Waals surface area contributed by atoms with Gasteiger partial charge in [-0.3, -0.25) is 4.79 Å². The molecule has 0 unspecified atom stereocenters. The van der Waals surface area contributed by atoms with Crippen molar-refractivity contribution in [1.82, 2.24) is 9.78 Å². The lowest BCUT2D eigenvalue weighted by molar-refractivity contribution is 0.00578. The van der Waals surface area contributed by atoms with Crippen molar-refractivity contribution in [2.45, 2.75) is 38.9 Å². The smallest absolute Gasteiger partial charge is 0.497 e. The Labute approximate surface area is 145 Å². The van der Waals surface area contributed by atoms with Crippen molar-refractivity contribution >= 4 is 12.7 Å². The van der Waals surface area contributed by atoms with Crippen molar-refractivity contribution in [2.75, 3.05) is 7.11 Å². The highest BCUT2D eigenvalue weighted by Gasteiger charge is 2.52. The van der Waals surface area contributed by atoms with Gasteiger partial charge < -0.3 is 14.0 Å². The average Bonchev–Trinajstić information content (AvgIpc) is 2.76. The number of ether oxygens (including phenoxy) is 1. The van der Waals surface area contributed by atoms with Gasteiger partial charge in [-0.1, -0.05) is 0 Å². The molecule has 0 saturated carbocycles. The van der Waals surface area contributed by atoms with E-state index in [1.54, 1.807) is 0 Å². The molecule has 0 bridgehead atoms. The molecular weight excluding hydrogens is 326 g/mol. The van der Waals surface area contributed by atoms with Crippen LogP contribution in [0, 0.1) is 5.82 Å². The quantitative estimate of drug-likeness (QED) is 0.792. The lowest BCUT2D eigenvalue weighted by Crippen LogP contribution is -2.41. The molecule has 0 aliphatic carbocycles. The molecule has 0 amide bonds. The Morgan fingerprint density at radius 1 is 1.12 bits per heavy atom. The number of nitrogens with zero attached hydrogens (tertiary/aromatic N) is 2. The van der Waals surface area contributed by atoms with Gasteiger partial charge in [0.25, 0.3) is 5.56 Å². The van der Waals surface area contributed by atoms with Crippen LogP contribution in [-0.4, -0.2) is 35.2 Å². The maximum atomic E-state index is 14.2. The standard InChI is InChI=1S/C17H20BFN2O4/c1-16(2)17(3,4)25-18(24-16)14-8-9-15(22)21(20-14)13-10-11(23-5)6-7-12(13)19/h6-10H,1-5H3. The summed E-state index contributed by atoms with van der Waals surface area (Å²) in [5.41, 5.74) is -1.15. The van der Waals surface area contributed by atoms with Crippen molar-refractivity contribution in [3.8, 4) is 11.4 Å². The lowest BCUT2D eigenvalue weighted by atomic mass is 9.85. The maximum Gasteiger partial charge on any atom is 0.516 e. The second-order valence-corrected chi connectivity index (χ2v) is 6.91. The largest absolute Gasteiger partial charge is 0.516 e. The van der Waals surface area contributed by atoms with Gasteiger partial charge in [-0.05, 0) is 45.9 Å². The summed E-state index contributed by atoms with van der Waals surface area (Å²) in [6, 6.07) is 6.95. The van der Waals surface area contributed by atoms with E-state index in [-0.39, 0.29) is 5.69 Å². The zero-order chi connectivity index (χ0) is 18.4. The molecule has 25 heavy (non-hydrogen) atoms. The van der Waals surface area contributed by atoms with Gasteiger partial charge in [0.05, 0.1) is 23.9 Å². The Kier molecular flexibility index (Phi) is 4.21. The van der Waals surface area contributed by atoms with Crippen molar-refractivity contribution < 1.29 is 18.4 Å². The van der Waals surface area contributed by atoms with Gasteiger partial charge in [0.2, 0.25) is 0 Å². The molecular formula is C17H20BFN2O4. The lowest BCUT2D eigenvalue weighted by Gasteiger charge is -2.32.